The van der Waals surface area contributed by atoms with Crippen molar-refractivity contribution in [2.45, 2.75) is 25.8 Å². The monoisotopic (exact) mass is 334 g/mol. The molecular weight excluding hydrogens is 315 g/mol. The first-order chi connectivity index (χ1) is 11.1. The summed E-state index contributed by atoms with van der Waals surface area (Å²) in [4.78, 5) is 24.9. The maximum absolute atomic E-state index is 13.5. The molecule has 0 aliphatic carbocycles. The summed E-state index contributed by atoms with van der Waals surface area (Å²) in [5, 5.41) is 7.47. The van der Waals surface area contributed by atoms with E-state index >= 15 is 0 Å². The predicted octanol–water partition coefficient (Wildman–Crippen LogP) is 3.27. The predicted molar refractivity (Wildman–Crippen MR) is 88.8 cm³/mol. The van der Waals surface area contributed by atoms with Gasteiger partial charge in [0.25, 0.3) is 5.91 Å². The number of benzene rings is 1. The molecule has 0 aliphatic heterocycles. The second kappa shape index (κ2) is 8.43. The summed E-state index contributed by atoms with van der Waals surface area (Å²) in [6.07, 6.45) is 0.954. The Labute approximate surface area is 138 Å². The SMILES string of the molecule is CC[C@H](NC(=O)CCNC(=O)c1ccccc1F)c1cccs1. The molecule has 4 nitrogen and oxygen atoms in total. The fourth-order valence-electron chi connectivity index (χ4n) is 2.16. The summed E-state index contributed by atoms with van der Waals surface area (Å²) in [6, 6.07) is 9.68. The number of carbonyl (C=O) groups excluding carboxylic acids is 2. The third kappa shape index (κ3) is 4.89. The van der Waals surface area contributed by atoms with Gasteiger partial charge in [-0.1, -0.05) is 25.1 Å². The van der Waals surface area contributed by atoms with Crippen LogP contribution < -0.4 is 10.6 Å². The van der Waals surface area contributed by atoms with Crippen LogP contribution in [0.5, 0.6) is 0 Å². The van der Waals surface area contributed by atoms with Crippen LogP contribution in [0.3, 0.4) is 0 Å². The van der Waals surface area contributed by atoms with Gasteiger partial charge in [-0.05, 0) is 30.0 Å². The third-order valence-electron chi connectivity index (χ3n) is 3.39. The van der Waals surface area contributed by atoms with Crippen LogP contribution in [0.25, 0.3) is 0 Å². The number of hydrogen-bond acceptors (Lipinski definition) is 3. The molecule has 1 heterocycles. The van der Waals surface area contributed by atoms with Crippen molar-refractivity contribution in [3.63, 3.8) is 0 Å². The molecule has 2 rings (SSSR count). The lowest BCUT2D eigenvalue weighted by Gasteiger charge is -2.15. The van der Waals surface area contributed by atoms with Crippen molar-refractivity contribution in [2.24, 2.45) is 0 Å². The van der Waals surface area contributed by atoms with E-state index < -0.39 is 11.7 Å². The van der Waals surface area contributed by atoms with Crippen molar-refractivity contribution in [3.8, 4) is 0 Å². The quantitative estimate of drug-likeness (QED) is 0.816. The third-order valence-corrected chi connectivity index (χ3v) is 4.37. The van der Waals surface area contributed by atoms with Gasteiger partial charge in [-0.2, -0.15) is 0 Å². The smallest absolute Gasteiger partial charge is 0.254 e. The van der Waals surface area contributed by atoms with Crippen molar-refractivity contribution < 1.29 is 14.0 Å². The zero-order chi connectivity index (χ0) is 16.7. The minimum absolute atomic E-state index is 0.00947. The largest absolute Gasteiger partial charge is 0.351 e. The van der Waals surface area contributed by atoms with E-state index in [0.717, 1.165) is 11.3 Å². The number of thiophene rings is 1. The Balaban J connectivity index is 1.78. The first-order valence-corrected chi connectivity index (χ1v) is 8.35. The first kappa shape index (κ1) is 17.1. The van der Waals surface area contributed by atoms with Gasteiger partial charge < -0.3 is 10.6 Å². The van der Waals surface area contributed by atoms with E-state index in [9.17, 15) is 14.0 Å². The van der Waals surface area contributed by atoms with E-state index in [1.165, 1.54) is 18.2 Å². The average molecular weight is 334 g/mol. The van der Waals surface area contributed by atoms with Gasteiger partial charge in [0.1, 0.15) is 5.82 Å². The standard InChI is InChI=1S/C17H19FN2O2S/c1-2-14(15-8-5-11-23-15)20-16(21)9-10-19-17(22)12-6-3-4-7-13(12)18/h3-8,11,14H,2,9-10H2,1H3,(H,19,22)(H,20,21)/t14-/m0/s1. The highest BCUT2D eigenvalue weighted by molar-refractivity contribution is 7.10. The molecule has 1 aromatic carbocycles. The fourth-order valence-corrected chi connectivity index (χ4v) is 3.02. The summed E-state index contributed by atoms with van der Waals surface area (Å²) in [5.41, 5.74) is -0.0158. The minimum Gasteiger partial charge on any atom is -0.351 e. The normalized spacial score (nSPS) is 11.7. The Morgan fingerprint density at radius 1 is 1.22 bits per heavy atom. The van der Waals surface area contributed by atoms with Crippen molar-refractivity contribution in [1.82, 2.24) is 10.6 Å². The van der Waals surface area contributed by atoms with Crippen molar-refractivity contribution in [2.75, 3.05) is 6.54 Å². The molecule has 0 unspecified atom stereocenters. The number of carbonyl (C=O) groups is 2. The molecule has 0 saturated carbocycles. The molecule has 0 aliphatic rings. The molecule has 0 fully saturated rings. The molecule has 0 spiro atoms. The van der Waals surface area contributed by atoms with Gasteiger partial charge in [0, 0.05) is 17.8 Å². The van der Waals surface area contributed by atoms with Gasteiger partial charge in [0.05, 0.1) is 11.6 Å². The molecule has 2 amide bonds. The molecule has 2 N–H and O–H groups in total. The van der Waals surface area contributed by atoms with E-state index in [4.69, 9.17) is 0 Å². The second-order valence-corrected chi connectivity index (χ2v) is 6.01. The van der Waals surface area contributed by atoms with Crippen LogP contribution in [0, 0.1) is 5.82 Å². The topological polar surface area (TPSA) is 58.2 Å². The maximum atomic E-state index is 13.5. The van der Waals surface area contributed by atoms with Crippen LogP contribution in [-0.4, -0.2) is 18.4 Å². The Bertz CT molecular complexity index is 658. The zero-order valence-corrected chi connectivity index (χ0v) is 13.7. The van der Waals surface area contributed by atoms with Crippen LogP contribution in [0.4, 0.5) is 4.39 Å². The van der Waals surface area contributed by atoms with Gasteiger partial charge in [-0.25, -0.2) is 4.39 Å². The highest BCUT2D eigenvalue weighted by Crippen LogP contribution is 2.21. The Morgan fingerprint density at radius 3 is 2.65 bits per heavy atom. The first-order valence-electron chi connectivity index (χ1n) is 7.47. The lowest BCUT2D eigenvalue weighted by Crippen LogP contribution is -2.32. The summed E-state index contributed by atoms with van der Waals surface area (Å²) in [5.74, 6) is -1.22. The van der Waals surface area contributed by atoms with Crippen molar-refractivity contribution >= 4 is 23.2 Å². The van der Waals surface area contributed by atoms with E-state index in [2.05, 4.69) is 10.6 Å². The molecule has 0 radical (unpaired) electrons. The Morgan fingerprint density at radius 2 is 2.00 bits per heavy atom. The van der Waals surface area contributed by atoms with Crippen molar-refractivity contribution in [1.29, 1.82) is 0 Å². The highest BCUT2D eigenvalue weighted by atomic mass is 32.1. The van der Waals surface area contributed by atoms with Crippen LogP contribution in [0.15, 0.2) is 41.8 Å². The van der Waals surface area contributed by atoms with Gasteiger partial charge in [-0.3, -0.25) is 9.59 Å². The van der Waals surface area contributed by atoms with Crippen LogP contribution >= 0.6 is 11.3 Å². The lowest BCUT2D eigenvalue weighted by atomic mass is 10.2. The van der Waals surface area contributed by atoms with Gasteiger partial charge >= 0.3 is 0 Å². The molecule has 0 bridgehead atoms. The number of halogens is 1. The molecule has 122 valence electrons. The molecule has 0 saturated heterocycles. The molecule has 1 atom stereocenters. The number of rotatable bonds is 7. The van der Waals surface area contributed by atoms with Crippen LogP contribution in [-0.2, 0) is 4.79 Å². The van der Waals surface area contributed by atoms with Crippen LogP contribution in [0.2, 0.25) is 0 Å². The van der Waals surface area contributed by atoms with E-state index in [-0.39, 0.29) is 30.5 Å². The number of hydrogen-bond donors (Lipinski definition) is 2. The average Bonchev–Trinajstić information content (AvgIpc) is 3.07. The summed E-state index contributed by atoms with van der Waals surface area (Å²) < 4.78 is 13.5. The van der Waals surface area contributed by atoms with Gasteiger partial charge in [0.15, 0.2) is 0 Å². The number of amides is 2. The van der Waals surface area contributed by atoms with E-state index in [0.29, 0.717) is 0 Å². The summed E-state index contributed by atoms with van der Waals surface area (Å²) >= 11 is 1.60. The van der Waals surface area contributed by atoms with Gasteiger partial charge in [-0.15, -0.1) is 11.3 Å². The lowest BCUT2D eigenvalue weighted by molar-refractivity contribution is -0.121. The molecule has 23 heavy (non-hydrogen) atoms. The zero-order valence-electron chi connectivity index (χ0n) is 12.8. The molecular formula is C17H19FN2O2S. The summed E-state index contributed by atoms with van der Waals surface area (Å²) in [7, 11) is 0. The number of nitrogens with one attached hydrogen (secondary N) is 2. The van der Waals surface area contributed by atoms with E-state index in [1.54, 1.807) is 17.4 Å². The molecule has 1 aromatic heterocycles. The Hall–Kier alpha value is -2.21. The molecule has 2 aromatic rings. The Kier molecular flexibility index (Phi) is 6.29. The minimum atomic E-state index is -0.571. The maximum Gasteiger partial charge on any atom is 0.254 e. The van der Waals surface area contributed by atoms with Gasteiger partial charge in [0.2, 0.25) is 5.91 Å². The molecule has 6 heteroatoms. The fraction of sp³-hybridized carbons (Fsp3) is 0.294. The van der Waals surface area contributed by atoms with Crippen molar-refractivity contribution in [3.05, 3.63) is 58.0 Å². The van der Waals surface area contributed by atoms with E-state index in [1.807, 2.05) is 24.4 Å². The highest BCUT2D eigenvalue weighted by Gasteiger charge is 2.14. The second-order valence-electron chi connectivity index (χ2n) is 5.03. The summed E-state index contributed by atoms with van der Waals surface area (Å²) in [6.45, 7) is 2.17. The van der Waals surface area contributed by atoms with Crippen LogP contribution in [0.1, 0.15) is 41.0 Å².